The molecule has 0 bridgehead atoms. The third-order valence-corrected chi connectivity index (χ3v) is 4.55. The molecule has 2 aliphatic rings. The van der Waals surface area contributed by atoms with Gasteiger partial charge in [0.2, 0.25) is 0 Å². The van der Waals surface area contributed by atoms with Crippen LogP contribution in [0.4, 0.5) is 0 Å². The average Bonchev–Trinajstić information content (AvgIpc) is 3.09. The van der Waals surface area contributed by atoms with Crippen molar-refractivity contribution in [2.75, 3.05) is 0 Å². The third-order valence-electron chi connectivity index (χ3n) is 4.55. The number of hydrogen-bond acceptors (Lipinski definition) is 2. The van der Waals surface area contributed by atoms with E-state index < -0.39 is 0 Å². The maximum Gasteiger partial charge on any atom is 0.0963 e. The summed E-state index contributed by atoms with van der Waals surface area (Å²) in [5.41, 5.74) is 5.65. The lowest BCUT2D eigenvalue weighted by Gasteiger charge is -2.08. The van der Waals surface area contributed by atoms with Crippen LogP contribution in [0.25, 0.3) is 0 Å². The lowest BCUT2D eigenvalue weighted by Crippen LogP contribution is -1.91. The van der Waals surface area contributed by atoms with Gasteiger partial charge in [0.15, 0.2) is 0 Å². The zero-order valence-corrected chi connectivity index (χ0v) is 11.5. The summed E-state index contributed by atoms with van der Waals surface area (Å²) in [5.74, 6) is 0. The van der Waals surface area contributed by atoms with Gasteiger partial charge in [-0.1, -0.05) is 48.5 Å². The van der Waals surface area contributed by atoms with Crippen molar-refractivity contribution in [3.05, 3.63) is 70.8 Å². The molecule has 2 heteroatoms. The van der Waals surface area contributed by atoms with Crippen LogP contribution in [0, 0.1) is 0 Å². The van der Waals surface area contributed by atoms with Crippen LogP contribution in [0.5, 0.6) is 0 Å². The van der Waals surface area contributed by atoms with E-state index in [0.29, 0.717) is 0 Å². The lowest BCUT2D eigenvalue weighted by molar-refractivity contribution is 0.593. The van der Waals surface area contributed by atoms with Crippen molar-refractivity contribution in [3.63, 3.8) is 0 Å². The molecule has 0 saturated carbocycles. The van der Waals surface area contributed by atoms with Gasteiger partial charge in [-0.2, -0.15) is 10.2 Å². The van der Waals surface area contributed by atoms with Gasteiger partial charge in [0, 0.05) is 0 Å². The molecule has 0 fully saturated rings. The van der Waals surface area contributed by atoms with E-state index in [1.54, 1.807) is 0 Å². The summed E-state index contributed by atoms with van der Waals surface area (Å²) < 4.78 is 0. The van der Waals surface area contributed by atoms with Crippen LogP contribution < -0.4 is 0 Å². The number of azo groups is 1. The Kier molecular flexibility index (Phi) is 2.87. The maximum absolute atomic E-state index is 4.67. The number of hydrogen-bond donors (Lipinski definition) is 0. The van der Waals surface area contributed by atoms with E-state index in [4.69, 9.17) is 0 Å². The molecule has 2 aromatic carbocycles. The molecule has 0 aromatic heterocycles. The molecule has 4 rings (SSSR count). The fourth-order valence-corrected chi connectivity index (χ4v) is 3.47. The van der Waals surface area contributed by atoms with Gasteiger partial charge < -0.3 is 0 Å². The van der Waals surface area contributed by atoms with Crippen LogP contribution in [0.3, 0.4) is 0 Å². The van der Waals surface area contributed by atoms with Crippen LogP contribution in [0.2, 0.25) is 0 Å². The van der Waals surface area contributed by atoms with Crippen molar-refractivity contribution in [1.82, 2.24) is 0 Å². The molecule has 2 aliphatic carbocycles. The maximum atomic E-state index is 4.67. The van der Waals surface area contributed by atoms with E-state index in [1.807, 2.05) is 0 Å². The number of nitrogens with zero attached hydrogens (tertiary/aromatic N) is 2. The molecule has 0 saturated heterocycles. The summed E-state index contributed by atoms with van der Waals surface area (Å²) in [7, 11) is 0. The Hall–Kier alpha value is -1.96. The summed E-state index contributed by atoms with van der Waals surface area (Å²) in [6.07, 6.45) is 4.50. The first-order valence-corrected chi connectivity index (χ1v) is 7.47. The molecule has 2 unspecified atom stereocenters. The Morgan fingerprint density at radius 1 is 0.650 bits per heavy atom. The SMILES string of the molecule is c1ccc2c(c1)CCC2N=NC1CCc2ccccc21. The third kappa shape index (κ3) is 1.96. The van der Waals surface area contributed by atoms with Gasteiger partial charge in [-0.05, 0) is 47.9 Å². The summed E-state index contributed by atoms with van der Waals surface area (Å²) >= 11 is 0. The Balaban J connectivity index is 1.56. The molecule has 0 radical (unpaired) electrons. The minimum absolute atomic E-state index is 0.277. The highest BCUT2D eigenvalue weighted by atomic mass is 15.1. The van der Waals surface area contributed by atoms with E-state index in [1.165, 1.54) is 22.3 Å². The molecule has 20 heavy (non-hydrogen) atoms. The lowest BCUT2D eigenvalue weighted by atomic mass is 10.1. The van der Waals surface area contributed by atoms with Crippen LogP contribution in [-0.2, 0) is 12.8 Å². The zero-order chi connectivity index (χ0) is 13.4. The van der Waals surface area contributed by atoms with Gasteiger partial charge in [-0.15, -0.1) is 0 Å². The molecule has 2 nitrogen and oxygen atoms in total. The van der Waals surface area contributed by atoms with E-state index in [2.05, 4.69) is 58.8 Å². The van der Waals surface area contributed by atoms with Crippen molar-refractivity contribution in [2.45, 2.75) is 37.8 Å². The number of rotatable bonds is 2. The summed E-state index contributed by atoms with van der Waals surface area (Å²) in [4.78, 5) is 0. The summed E-state index contributed by atoms with van der Waals surface area (Å²) in [6, 6.07) is 17.8. The fourth-order valence-electron chi connectivity index (χ4n) is 3.47. The Morgan fingerprint density at radius 2 is 1.10 bits per heavy atom. The first kappa shape index (κ1) is 11.8. The van der Waals surface area contributed by atoms with E-state index >= 15 is 0 Å². The first-order chi connectivity index (χ1) is 9.92. The highest BCUT2D eigenvalue weighted by Gasteiger charge is 2.24. The van der Waals surface area contributed by atoms with Crippen molar-refractivity contribution in [3.8, 4) is 0 Å². The highest BCUT2D eigenvalue weighted by Crippen LogP contribution is 2.38. The molecule has 0 aliphatic heterocycles. The zero-order valence-electron chi connectivity index (χ0n) is 11.5. The van der Waals surface area contributed by atoms with Crippen molar-refractivity contribution in [1.29, 1.82) is 0 Å². The largest absolute Gasteiger partial charge is 0.185 e. The van der Waals surface area contributed by atoms with Crippen LogP contribution in [0.15, 0.2) is 58.8 Å². The van der Waals surface area contributed by atoms with Crippen molar-refractivity contribution < 1.29 is 0 Å². The van der Waals surface area contributed by atoms with Gasteiger partial charge in [0.1, 0.15) is 0 Å². The minimum atomic E-state index is 0.277. The molecular formula is C18H18N2. The fraction of sp³-hybridized carbons (Fsp3) is 0.333. The molecule has 2 aromatic rings. The number of aryl methyl sites for hydroxylation is 2. The van der Waals surface area contributed by atoms with E-state index in [-0.39, 0.29) is 12.1 Å². The predicted molar refractivity (Wildman–Crippen MR) is 79.9 cm³/mol. The van der Waals surface area contributed by atoms with E-state index in [9.17, 15) is 0 Å². The second-order valence-electron chi connectivity index (χ2n) is 5.74. The number of fused-ring (bicyclic) bond motifs is 2. The second-order valence-corrected chi connectivity index (χ2v) is 5.74. The molecule has 0 N–H and O–H groups in total. The standard InChI is InChI=1S/C18H18N2/c1-3-7-15-13(5-1)9-11-17(15)19-20-18-12-10-14-6-2-4-8-16(14)18/h1-8,17-18H,9-12H2. The average molecular weight is 262 g/mol. The Morgan fingerprint density at radius 3 is 1.60 bits per heavy atom. The smallest absolute Gasteiger partial charge is 0.0963 e. The predicted octanol–water partition coefficient (Wildman–Crippen LogP) is 4.81. The quantitative estimate of drug-likeness (QED) is 0.694. The van der Waals surface area contributed by atoms with Gasteiger partial charge in [0.05, 0.1) is 12.1 Å². The molecule has 2 atom stereocenters. The van der Waals surface area contributed by atoms with Crippen molar-refractivity contribution >= 4 is 0 Å². The monoisotopic (exact) mass is 262 g/mol. The summed E-state index contributed by atoms with van der Waals surface area (Å²) in [6.45, 7) is 0. The minimum Gasteiger partial charge on any atom is -0.185 e. The van der Waals surface area contributed by atoms with Crippen molar-refractivity contribution in [2.24, 2.45) is 10.2 Å². The van der Waals surface area contributed by atoms with Crippen LogP contribution in [-0.4, -0.2) is 0 Å². The molecule has 0 amide bonds. The molecule has 100 valence electrons. The first-order valence-electron chi connectivity index (χ1n) is 7.47. The van der Waals surface area contributed by atoms with E-state index in [0.717, 1.165) is 25.7 Å². The van der Waals surface area contributed by atoms with Gasteiger partial charge in [-0.25, -0.2) is 0 Å². The normalized spacial score (nSPS) is 24.0. The van der Waals surface area contributed by atoms with Gasteiger partial charge in [0.25, 0.3) is 0 Å². The molecule has 0 spiro atoms. The summed E-state index contributed by atoms with van der Waals surface area (Å²) in [5, 5.41) is 9.34. The topological polar surface area (TPSA) is 24.7 Å². The molecular weight excluding hydrogens is 244 g/mol. The Bertz CT molecular complexity index is 602. The molecule has 0 heterocycles. The van der Waals surface area contributed by atoms with Gasteiger partial charge in [-0.3, -0.25) is 0 Å². The number of benzene rings is 2. The van der Waals surface area contributed by atoms with Gasteiger partial charge >= 0.3 is 0 Å². The second kappa shape index (κ2) is 4.86. The Labute approximate surface area is 119 Å². The highest BCUT2D eigenvalue weighted by molar-refractivity contribution is 5.35. The van der Waals surface area contributed by atoms with Crippen LogP contribution >= 0.6 is 0 Å². The van der Waals surface area contributed by atoms with Crippen LogP contribution in [0.1, 0.15) is 47.2 Å².